The molecule has 1 N–H and O–H groups in total. The minimum absolute atomic E-state index is 0.147. The molecule has 21 heavy (non-hydrogen) atoms. The van der Waals surface area contributed by atoms with Gasteiger partial charge in [0.15, 0.2) is 0 Å². The Bertz CT molecular complexity index is 594. The lowest BCUT2D eigenvalue weighted by Crippen LogP contribution is -2.35. The molecule has 0 bridgehead atoms. The van der Waals surface area contributed by atoms with Crippen LogP contribution in [0.1, 0.15) is 56.1 Å². The molecule has 0 radical (unpaired) electrons. The van der Waals surface area contributed by atoms with E-state index in [4.69, 9.17) is 0 Å². The molecule has 0 aliphatic carbocycles. The van der Waals surface area contributed by atoms with Crippen LogP contribution in [0.25, 0.3) is 10.9 Å². The predicted molar refractivity (Wildman–Crippen MR) is 88.8 cm³/mol. The number of fused-ring (bicyclic) bond motifs is 1. The van der Waals surface area contributed by atoms with E-state index in [0.717, 1.165) is 48.9 Å². The first kappa shape index (κ1) is 15.6. The lowest BCUT2D eigenvalue weighted by Gasteiger charge is -2.26. The minimum Gasteiger partial charge on any atom is -0.351 e. The Morgan fingerprint density at radius 1 is 1.14 bits per heavy atom. The summed E-state index contributed by atoms with van der Waals surface area (Å²) >= 11 is 0. The maximum atomic E-state index is 12.4. The molecule has 2 aromatic rings. The van der Waals surface area contributed by atoms with Gasteiger partial charge in [-0.2, -0.15) is 0 Å². The van der Waals surface area contributed by atoms with Crippen LogP contribution in [-0.4, -0.2) is 28.9 Å². The minimum atomic E-state index is 0.147. The number of aromatic nitrogens is 1. The maximum Gasteiger partial charge on any atom is 0.270 e. The van der Waals surface area contributed by atoms with Gasteiger partial charge in [0.2, 0.25) is 0 Å². The van der Waals surface area contributed by atoms with Gasteiger partial charge in [0, 0.05) is 24.0 Å². The second kappa shape index (κ2) is 7.30. The van der Waals surface area contributed by atoms with E-state index in [9.17, 15) is 4.79 Å². The highest BCUT2D eigenvalue weighted by molar-refractivity contribution is 5.98. The summed E-state index contributed by atoms with van der Waals surface area (Å²) in [6.07, 6.45) is 4.53. The first-order valence-corrected chi connectivity index (χ1v) is 8.19. The molecule has 0 spiro atoms. The van der Waals surface area contributed by atoms with Crippen molar-refractivity contribution in [3.8, 4) is 0 Å². The smallest absolute Gasteiger partial charge is 0.270 e. The number of H-pyrrole nitrogens is 1. The van der Waals surface area contributed by atoms with Crippen LogP contribution in [0.15, 0.2) is 24.3 Å². The fourth-order valence-corrected chi connectivity index (χ4v) is 2.78. The number of amides is 1. The molecule has 3 nitrogen and oxygen atoms in total. The van der Waals surface area contributed by atoms with Crippen LogP contribution in [-0.2, 0) is 6.42 Å². The Morgan fingerprint density at radius 2 is 1.86 bits per heavy atom. The van der Waals surface area contributed by atoms with E-state index in [1.54, 1.807) is 0 Å². The van der Waals surface area contributed by atoms with E-state index < -0.39 is 0 Å². The standard InChI is InChI=1S/C16H20N2O.C2H6/c1-2-12-6-7-13-11-15(17-14(13)10-12)16(19)18-8-4-3-5-9-18;1-2/h6-7,10-11,17H,2-5,8-9H2,1H3;1-2H3. The van der Waals surface area contributed by atoms with Gasteiger partial charge in [0.05, 0.1) is 0 Å². The summed E-state index contributed by atoms with van der Waals surface area (Å²) < 4.78 is 0. The van der Waals surface area contributed by atoms with Gasteiger partial charge in [-0.3, -0.25) is 4.79 Å². The third-order valence-corrected chi connectivity index (χ3v) is 3.97. The SMILES string of the molecule is CC.CCc1ccc2cc(C(=O)N3CCCCC3)[nH]c2c1. The number of likely N-dealkylation sites (tertiary alicyclic amines) is 1. The summed E-state index contributed by atoms with van der Waals surface area (Å²) in [5.41, 5.74) is 3.09. The molecule has 2 heterocycles. The van der Waals surface area contributed by atoms with Crippen molar-refractivity contribution in [2.75, 3.05) is 13.1 Å². The number of rotatable bonds is 2. The Labute approximate surface area is 127 Å². The van der Waals surface area contributed by atoms with Gasteiger partial charge in [0.1, 0.15) is 5.69 Å². The van der Waals surface area contributed by atoms with E-state index in [2.05, 4.69) is 30.1 Å². The van der Waals surface area contributed by atoms with Crippen LogP contribution in [0, 0.1) is 0 Å². The highest BCUT2D eigenvalue weighted by atomic mass is 16.2. The number of nitrogens with zero attached hydrogens (tertiary/aromatic N) is 1. The molecule has 114 valence electrons. The van der Waals surface area contributed by atoms with Gasteiger partial charge < -0.3 is 9.88 Å². The molecule has 1 saturated heterocycles. The van der Waals surface area contributed by atoms with Crippen molar-refractivity contribution in [2.45, 2.75) is 46.5 Å². The van der Waals surface area contributed by atoms with Gasteiger partial charge in [0.25, 0.3) is 5.91 Å². The molecule has 3 heteroatoms. The topological polar surface area (TPSA) is 36.1 Å². The van der Waals surface area contributed by atoms with E-state index in [1.807, 2.05) is 24.8 Å². The molecule has 0 atom stereocenters. The monoisotopic (exact) mass is 286 g/mol. The lowest BCUT2D eigenvalue weighted by atomic mass is 10.1. The second-order valence-electron chi connectivity index (χ2n) is 5.31. The summed E-state index contributed by atoms with van der Waals surface area (Å²) in [6, 6.07) is 8.34. The van der Waals surface area contributed by atoms with Crippen LogP contribution in [0.5, 0.6) is 0 Å². The molecular weight excluding hydrogens is 260 g/mol. The number of piperidine rings is 1. The lowest BCUT2D eigenvalue weighted by molar-refractivity contribution is 0.0719. The largest absolute Gasteiger partial charge is 0.351 e. The zero-order valence-electron chi connectivity index (χ0n) is 13.4. The quantitative estimate of drug-likeness (QED) is 0.873. The van der Waals surface area contributed by atoms with Crippen LogP contribution >= 0.6 is 0 Å². The van der Waals surface area contributed by atoms with Gasteiger partial charge in [-0.05, 0) is 43.4 Å². The van der Waals surface area contributed by atoms with Crippen molar-refractivity contribution in [3.05, 3.63) is 35.5 Å². The molecule has 1 aromatic heterocycles. The summed E-state index contributed by atoms with van der Waals surface area (Å²) in [7, 11) is 0. The molecule has 3 rings (SSSR count). The van der Waals surface area contributed by atoms with E-state index in [-0.39, 0.29) is 5.91 Å². The maximum absolute atomic E-state index is 12.4. The molecular formula is C18H26N2O. The highest BCUT2D eigenvalue weighted by Gasteiger charge is 2.19. The van der Waals surface area contributed by atoms with E-state index in [1.165, 1.54) is 12.0 Å². The second-order valence-corrected chi connectivity index (χ2v) is 5.31. The predicted octanol–water partition coefficient (Wildman–Crippen LogP) is 4.38. The number of hydrogen-bond acceptors (Lipinski definition) is 1. The summed E-state index contributed by atoms with van der Waals surface area (Å²) in [4.78, 5) is 17.7. The summed E-state index contributed by atoms with van der Waals surface area (Å²) in [5.74, 6) is 0.147. The van der Waals surface area contributed by atoms with Gasteiger partial charge in [-0.25, -0.2) is 0 Å². The molecule has 1 aliphatic rings. The van der Waals surface area contributed by atoms with E-state index in [0.29, 0.717) is 0 Å². The average molecular weight is 286 g/mol. The number of hydrogen-bond donors (Lipinski definition) is 1. The van der Waals surface area contributed by atoms with Crippen molar-refractivity contribution in [3.63, 3.8) is 0 Å². The number of benzene rings is 1. The molecule has 1 aromatic carbocycles. The van der Waals surface area contributed by atoms with E-state index >= 15 is 0 Å². The summed E-state index contributed by atoms with van der Waals surface area (Å²) in [6.45, 7) is 7.94. The number of aromatic amines is 1. The van der Waals surface area contributed by atoms with Crippen molar-refractivity contribution in [1.82, 2.24) is 9.88 Å². The van der Waals surface area contributed by atoms with Crippen LogP contribution in [0.4, 0.5) is 0 Å². The Kier molecular flexibility index (Phi) is 5.43. The van der Waals surface area contributed by atoms with Gasteiger partial charge in [-0.15, -0.1) is 0 Å². The van der Waals surface area contributed by atoms with Crippen LogP contribution < -0.4 is 0 Å². The van der Waals surface area contributed by atoms with Crippen molar-refractivity contribution in [2.24, 2.45) is 0 Å². The first-order valence-electron chi connectivity index (χ1n) is 8.19. The fraction of sp³-hybridized carbons (Fsp3) is 0.500. The number of carbonyl (C=O) groups excluding carboxylic acids is 1. The van der Waals surface area contributed by atoms with Gasteiger partial charge >= 0.3 is 0 Å². The van der Waals surface area contributed by atoms with Crippen LogP contribution in [0.2, 0.25) is 0 Å². The Hall–Kier alpha value is -1.77. The Balaban J connectivity index is 0.000000774. The number of nitrogens with one attached hydrogen (secondary N) is 1. The molecule has 1 aliphatic heterocycles. The van der Waals surface area contributed by atoms with Crippen molar-refractivity contribution in [1.29, 1.82) is 0 Å². The van der Waals surface area contributed by atoms with Crippen molar-refractivity contribution < 1.29 is 4.79 Å². The molecule has 1 fully saturated rings. The third kappa shape index (κ3) is 3.46. The molecule has 1 amide bonds. The van der Waals surface area contributed by atoms with Crippen molar-refractivity contribution >= 4 is 16.8 Å². The summed E-state index contributed by atoms with van der Waals surface area (Å²) in [5, 5.41) is 1.12. The Morgan fingerprint density at radius 3 is 2.52 bits per heavy atom. The highest BCUT2D eigenvalue weighted by Crippen LogP contribution is 2.20. The normalized spacial score (nSPS) is 14.7. The molecule has 0 unspecified atom stereocenters. The number of carbonyl (C=O) groups is 1. The number of aryl methyl sites for hydroxylation is 1. The zero-order chi connectivity index (χ0) is 15.2. The average Bonchev–Trinajstić information content (AvgIpc) is 2.99. The fourth-order valence-electron chi connectivity index (χ4n) is 2.78. The molecule has 0 saturated carbocycles. The van der Waals surface area contributed by atoms with Gasteiger partial charge in [-0.1, -0.05) is 32.9 Å². The van der Waals surface area contributed by atoms with Crippen LogP contribution in [0.3, 0.4) is 0 Å². The first-order chi connectivity index (χ1) is 10.3. The third-order valence-electron chi connectivity index (χ3n) is 3.97. The zero-order valence-corrected chi connectivity index (χ0v) is 13.4.